The number of nitrogens with one attached hydrogen (secondary N) is 2. The Morgan fingerprint density at radius 1 is 1.00 bits per heavy atom. The van der Waals surface area contributed by atoms with Gasteiger partial charge in [-0.05, 0) is 80.5 Å². The molecule has 0 unspecified atom stereocenters. The van der Waals surface area contributed by atoms with Gasteiger partial charge < -0.3 is 35.6 Å². The molecule has 2 fully saturated rings. The van der Waals surface area contributed by atoms with Crippen molar-refractivity contribution < 1.29 is 29.6 Å². The molecule has 0 spiro atoms. The third-order valence-electron chi connectivity index (χ3n) is 8.43. The van der Waals surface area contributed by atoms with E-state index in [0.29, 0.717) is 25.9 Å². The van der Waals surface area contributed by atoms with E-state index in [4.69, 9.17) is 4.74 Å². The minimum Gasteiger partial charge on any atom is -0.387 e. The number of rotatable bonds is 11. The number of aliphatic hydroxyl groups excluding tert-OH is 3. The Bertz CT molecular complexity index is 1230. The molecular formula is C33H47N3O6S. The Morgan fingerprint density at radius 2 is 1.67 bits per heavy atom. The van der Waals surface area contributed by atoms with Crippen molar-refractivity contribution in [3.05, 3.63) is 70.3 Å². The number of carbonyl (C=O) groups excluding carboxylic acids is 2. The first-order chi connectivity index (χ1) is 20.5. The number of aliphatic hydroxyl groups is 3. The van der Waals surface area contributed by atoms with Crippen LogP contribution in [0.15, 0.2) is 42.5 Å². The van der Waals surface area contributed by atoms with E-state index < -0.39 is 35.4 Å². The average Bonchev–Trinajstić information content (AvgIpc) is 3.00. The number of ether oxygens (including phenoxy) is 1. The normalized spacial score (nSPS) is 24.5. The van der Waals surface area contributed by atoms with Crippen LogP contribution in [0.2, 0.25) is 0 Å². The van der Waals surface area contributed by atoms with Gasteiger partial charge in [0, 0.05) is 32.6 Å². The van der Waals surface area contributed by atoms with E-state index in [9.17, 15) is 24.9 Å². The van der Waals surface area contributed by atoms with Crippen LogP contribution in [0, 0.1) is 6.92 Å². The van der Waals surface area contributed by atoms with Crippen molar-refractivity contribution in [3.8, 4) is 0 Å². The summed E-state index contributed by atoms with van der Waals surface area (Å²) in [4.78, 5) is 27.2. The van der Waals surface area contributed by atoms with E-state index in [2.05, 4.69) is 34.9 Å². The highest BCUT2D eigenvalue weighted by Crippen LogP contribution is 2.36. The van der Waals surface area contributed by atoms with Gasteiger partial charge in [-0.2, -0.15) is 0 Å². The van der Waals surface area contributed by atoms with Crippen LogP contribution < -0.4 is 10.6 Å². The third kappa shape index (κ3) is 8.59. The summed E-state index contributed by atoms with van der Waals surface area (Å²) < 4.78 is 5.96. The van der Waals surface area contributed by atoms with Gasteiger partial charge in [-0.3, -0.25) is 9.59 Å². The van der Waals surface area contributed by atoms with Crippen molar-refractivity contribution >= 4 is 23.6 Å². The van der Waals surface area contributed by atoms with E-state index in [1.54, 1.807) is 20.1 Å². The molecule has 0 bridgehead atoms. The molecule has 0 aliphatic carbocycles. The lowest BCUT2D eigenvalue weighted by molar-refractivity contribution is -0.200. The molecule has 2 aliphatic rings. The predicted molar refractivity (Wildman–Crippen MR) is 169 cm³/mol. The molecule has 0 radical (unpaired) electrons. The summed E-state index contributed by atoms with van der Waals surface area (Å²) in [5.74, 6) is -0.130. The number of nitrogens with zero attached hydrogens (tertiary/aromatic N) is 1. The Balaban J connectivity index is 1.26. The topological polar surface area (TPSA) is 131 Å². The molecule has 2 saturated heterocycles. The van der Waals surface area contributed by atoms with Crippen molar-refractivity contribution in [1.29, 1.82) is 0 Å². The van der Waals surface area contributed by atoms with Gasteiger partial charge in [0.1, 0.15) is 35.4 Å². The maximum atomic E-state index is 12.8. The number of hydrogen-bond donors (Lipinski definition) is 5. The molecule has 0 saturated carbocycles. The van der Waals surface area contributed by atoms with Crippen LogP contribution in [0.4, 0.5) is 0 Å². The lowest BCUT2D eigenvalue weighted by Crippen LogP contribution is -2.59. The standard InChI is InChI=1S/C33H47N3O6S/c1-21-9-14-24(30-28(39)27(38)29(40)31(42-30)43-4)20-25(21)19-23-12-10-22(11-13-23)7-5-6-8-26(37)35-33(2,3)32(41)36-17-15-34-16-18-36/h9-14,20,27-31,34,38-40H,5-8,15-19H2,1-4H3,(H,35,37)/t27-,28-,29+,30+,31-/m1/s1. The van der Waals surface area contributed by atoms with E-state index >= 15 is 0 Å². The number of carbonyl (C=O) groups is 2. The lowest BCUT2D eigenvalue weighted by Gasteiger charge is -2.40. The largest absolute Gasteiger partial charge is 0.387 e. The van der Waals surface area contributed by atoms with Gasteiger partial charge in [0.05, 0.1) is 0 Å². The maximum absolute atomic E-state index is 12.8. The molecule has 4 rings (SSSR count). The first kappa shape index (κ1) is 33.4. The van der Waals surface area contributed by atoms with Crippen LogP contribution in [0.5, 0.6) is 0 Å². The highest BCUT2D eigenvalue weighted by Gasteiger charge is 2.44. The van der Waals surface area contributed by atoms with Crippen molar-refractivity contribution in [2.45, 2.75) is 88.3 Å². The number of thioether (sulfide) groups is 1. The van der Waals surface area contributed by atoms with Gasteiger partial charge in [0.2, 0.25) is 11.8 Å². The number of hydrogen-bond acceptors (Lipinski definition) is 8. The summed E-state index contributed by atoms with van der Waals surface area (Å²) >= 11 is 1.31. The van der Waals surface area contributed by atoms with Gasteiger partial charge in [-0.1, -0.05) is 42.5 Å². The molecule has 2 aromatic carbocycles. The second-order valence-corrected chi connectivity index (χ2v) is 13.2. The van der Waals surface area contributed by atoms with E-state index in [0.717, 1.165) is 54.6 Å². The van der Waals surface area contributed by atoms with Crippen molar-refractivity contribution in [3.63, 3.8) is 0 Å². The number of unbranched alkanes of at least 4 members (excludes halogenated alkanes) is 1. The first-order valence-electron chi connectivity index (χ1n) is 15.2. The van der Waals surface area contributed by atoms with Gasteiger partial charge in [-0.15, -0.1) is 11.8 Å². The second-order valence-electron chi connectivity index (χ2n) is 12.2. The SMILES string of the molecule is CS[C@H]1O[C@@H](c2ccc(C)c(Cc3ccc(CCCCC(=O)NC(C)(C)C(=O)N4CCNCC4)cc3)c2)[C@H](O)[C@@H](O)[C@@H]1O. The molecule has 2 aromatic rings. The highest BCUT2D eigenvalue weighted by molar-refractivity contribution is 7.99. The Labute approximate surface area is 259 Å². The summed E-state index contributed by atoms with van der Waals surface area (Å²) in [5, 5.41) is 37.3. The fraction of sp³-hybridized carbons (Fsp3) is 0.576. The zero-order chi connectivity index (χ0) is 31.1. The molecule has 43 heavy (non-hydrogen) atoms. The molecule has 10 heteroatoms. The summed E-state index contributed by atoms with van der Waals surface area (Å²) in [6.45, 7) is 8.49. The summed E-state index contributed by atoms with van der Waals surface area (Å²) in [5.41, 5.74) is 3.83. The van der Waals surface area contributed by atoms with Crippen molar-refractivity contribution in [2.75, 3.05) is 32.4 Å². The van der Waals surface area contributed by atoms with Gasteiger partial charge in [0.25, 0.3) is 0 Å². The van der Waals surface area contributed by atoms with Gasteiger partial charge in [0.15, 0.2) is 0 Å². The summed E-state index contributed by atoms with van der Waals surface area (Å²) in [6, 6.07) is 14.4. The molecule has 236 valence electrons. The summed E-state index contributed by atoms with van der Waals surface area (Å²) in [6.07, 6.45) is 1.03. The molecule has 2 heterocycles. The number of amides is 2. The predicted octanol–water partition coefficient (Wildman–Crippen LogP) is 2.47. The van der Waals surface area contributed by atoms with E-state index in [-0.39, 0.29) is 11.8 Å². The van der Waals surface area contributed by atoms with E-state index in [1.807, 2.05) is 30.0 Å². The van der Waals surface area contributed by atoms with Crippen LogP contribution in [0.25, 0.3) is 0 Å². The number of benzene rings is 2. The molecular weight excluding hydrogens is 566 g/mol. The van der Waals surface area contributed by atoms with Gasteiger partial charge in [-0.25, -0.2) is 0 Å². The molecule has 5 N–H and O–H groups in total. The molecule has 2 amide bonds. The van der Waals surface area contributed by atoms with Gasteiger partial charge >= 0.3 is 0 Å². The van der Waals surface area contributed by atoms with Crippen LogP contribution in [-0.4, -0.2) is 93.8 Å². The van der Waals surface area contributed by atoms with Crippen molar-refractivity contribution in [1.82, 2.24) is 15.5 Å². The Morgan fingerprint density at radius 3 is 2.35 bits per heavy atom. The van der Waals surface area contributed by atoms with Crippen LogP contribution in [0.1, 0.15) is 67.0 Å². The fourth-order valence-electron chi connectivity index (χ4n) is 5.76. The fourth-order valence-corrected chi connectivity index (χ4v) is 6.43. The zero-order valence-electron chi connectivity index (χ0n) is 25.7. The number of aryl methyl sites for hydroxylation is 2. The zero-order valence-corrected chi connectivity index (χ0v) is 26.5. The molecule has 5 atom stereocenters. The minimum atomic E-state index is -1.28. The minimum absolute atomic E-state index is 0.0351. The van der Waals surface area contributed by atoms with Crippen LogP contribution in [0.3, 0.4) is 0 Å². The number of piperazine rings is 1. The van der Waals surface area contributed by atoms with Crippen LogP contribution in [-0.2, 0) is 27.2 Å². The van der Waals surface area contributed by atoms with E-state index in [1.165, 1.54) is 17.3 Å². The lowest BCUT2D eigenvalue weighted by atomic mass is 9.91. The first-order valence-corrected chi connectivity index (χ1v) is 16.5. The summed E-state index contributed by atoms with van der Waals surface area (Å²) in [7, 11) is 0. The Kier molecular flexibility index (Phi) is 11.7. The monoisotopic (exact) mass is 613 g/mol. The Hall–Kier alpha value is -2.47. The quantitative estimate of drug-likeness (QED) is 0.245. The van der Waals surface area contributed by atoms with Crippen molar-refractivity contribution in [2.24, 2.45) is 0 Å². The average molecular weight is 614 g/mol. The third-order valence-corrected chi connectivity index (χ3v) is 9.29. The molecule has 0 aromatic heterocycles. The molecule has 9 nitrogen and oxygen atoms in total. The second kappa shape index (κ2) is 15.0. The smallest absolute Gasteiger partial charge is 0.247 e. The molecule has 2 aliphatic heterocycles. The van der Waals surface area contributed by atoms with Crippen LogP contribution >= 0.6 is 11.8 Å². The maximum Gasteiger partial charge on any atom is 0.247 e. The highest BCUT2D eigenvalue weighted by atomic mass is 32.2.